The number of nitrogens with zero attached hydrogens (tertiary/aromatic N) is 5. The number of piperazine rings is 1. The van der Waals surface area contributed by atoms with Gasteiger partial charge in [-0.05, 0) is 18.1 Å². The molecule has 3 heterocycles. The number of hydrogen-bond acceptors (Lipinski definition) is 7. The van der Waals surface area contributed by atoms with Crippen molar-refractivity contribution < 1.29 is 9.90 Å². The summed E-state index contributed by atoms with van der Waals surface area (Å²) in [7, 11) is 0. The van der Waals surface area contributed by atoms with Crippen LogP contribution in [0.4, 0.5) is 5.82 Å². The van der Waals surface area contributed by atoms with Crippen molar-refractivity contribution in [3.05, 3.63) is 65.8 Å². The predicted octanol–water partition coefficient (Wildman–Crippen LogP) is 1.40. The SMILES string of the molecule is O=CC=CN1CCN(c2ncnc3c2CCN(C[C@H](O)c2ccccc2)C3)CC1. The van der Waals surface area contributed by atoms with Crippen molar-refractivity contribution in [3.8, 4) is 0 Å². The Morgan fingerprint density at radius 2 is 1.86 bits per heavy atom. The van der Waals surface area contributed by atoms with E-state index in [0.29, 0.717) is 6.54 Å². The van der Waals surface area contributed by atoms with Crippen molar-refractivity contribution in [2.75, 3.05) is 44.2 Å². The van der Waals surface area contributed by atoms with E-state index in [2.05, 4.69) is 24.7 Å². The molecular weight excluding hydrogens is 366 g/mol. The second kappa shape index (κ2) is 9.15. The summed E-state index contributed by atoms with van der Waals surface area (Å²) in [6, 6.07) is 9.81. The van der Waals surface area contributed by atoms with Gasteiger partial charge in [0.25, 0.3) is 0 Å². The Balaban J connectivity index is 1.40. The van der Waals surface area contributed by atoms with Crippen LogP contribution in [0.25, 0.3) is 0 Å². The molecule has 0 unspecified atom stereocenters. The van der Waals surface area contributed by atoms with Crippen LogP contribution < -0.4 is 4.90 Å². The maximum absolute atomic E-state index is 10.6. The number of rotatable bonds is 6. The average Bonchev–Trinajstić information content (AvgIpc) is 2.78. The van der Waals surface area contributed by atoms with Crippen molar-refractivity contribution in [1.29, 1.82) is 0 Å². The highest BCUT2D eigenvalue weighted by atomic mass is 16.3. The van der Waals surface area contributed by atoms with E-state index in [-0.39, 0.29) is 0 Å². The number of carbonyl (C=O) groups is 1. The van der Waals surface area contributed by atoms with E-state index in [1.165, 1.54) is 5.56 Å². The zero-order valence-corrected chi connectivity index (χ0v) is 16.5. The highest BCUT2D eigenvalue weighted by Gasteiger charge is 2.26. The van der Waals surface area contributed by atoms with Crippen LogP contribution in [0.15, 0.2) is 48.9 Å². The first-order chi connectivity index (χ1) is 14.2. The average molecular weight is 393 g/mol. The van der Waals surface area contributed by atoms with Crippen LogP contribution in [0.3, 0.4) is 0 Å². The Morgan fingerprint density at radius 1 is 1.07 bits per heavy atom. The Hall–Kier alpha value is -2.77. The molecule has 7 nitrogen and oxygen atoms in total. The number of β-amino-alcohol motifs (C(OH)–C–C–N with tert-alkyl or cyclic N) is 1. The molecule has 0 radical (unpaired) electrons. The summed E-state index contributed by atoms with van der Waals surface area (Å²) in [6.45, 7) is 5.73. The Labute approximate surface area is 171 Å². The first kappa shape index (κ1) is 19.5. The summed E-state index contributed by atoms with van der Waals surface area (Å²) in [5, 5.41) is 10.6. The van der Waals surface area contributed by atoms with Gasteiger partial charge < -0.3 is 14.9 Å². The number of fused-ring (bicyclic) bond motifs is 1. The monoisotopic (exact) mass is 393 g/mol. The fourth-order valence-electron chi connectivity index (χ4n) is 4.08. The number of carbonyl (C=O) groups excluding carboxylic acids is 1. The fraction of sp³-hybridized carbons (Fsp3) is 0.409. The lowest BCUT2D eigenvalue weighted by Crippen LogP contribution is -2.45. The lowest BCUT2D eigenvalue weighted by molar-refractivity contribution is -0.104. The van der Waals surface area contributed by atoms with E-state index >= 15 is 0 Å². The van der Waals surface area contributed by atoms with E-state index in [1.807, 2.05) is 36.5 Å². The maximum atomic E-state index is 10.6. The Morgan fingerprint density at radius 3 is 2.62 bits per heavy atom. The minimum absolute atomic E-state index is 0.494. The number of aldehydes is 1. The third kappa shape index (κ3) is 4.63. The second-order valence-electron chi connectivity index (χ2n) is 7.53. The molecular formula is C22H27N5O2. The number of allylic oxidation sites excluding steroid dienone is 1. The topological polar surface area (TPSA) is 72.8 Å². The van der Waals surface area contributed by atoms with Crippen LogP contribution in [-0.2, 0) is 17.8 Å². The second-order valence-corrected chi connectivity index (χ2v) is 7.53. The summed E-state index contributed by atoms with van der Waals surface area (Å²) in [5.41, 5.74) is 3.24. The molecule has 2 aliphatic heterocycles. The largest absolute Gasteiger partial charge is 0.387 e. The molecule has 0 saturated carbocycles. The summed E-state index contributed by atoms with van der Waals surface area (Å²) >= 11 is 0. The van der Waals surface area contributed by atoms with E-state index in [9.17, 15) is 9.90 Å². The van der Waals surface area contributed by atoms with Gasteiger partial charge in [-0.1, -0.05) is 30.3 Å². The molecule has 2 aliphatic rings. The van der Waals surface area contributed by atoms with Crippen LogP contribution in [0.5, 0.6) is 0 Å². The zero-order valence-electron chi connectivity index (χ0n) is 16.5. The van der Waals surface area contributed by atoms with Gasteiger partial charge in [-0.3, -0.25) is 9.69 Å². The van der Waals surface area contributed by atoms with Gasteiger partial charge in [0.1, 0.15) is 18.4 Å². The Kier molecular flexibility index (Phi) is 6.17. The molecule has 0 aliphatic carbocycles. The van der Waals surface area contributed by atoms with Crippen LogP contribution in [0.2, 0.25) is 0 Å². The van der Waals surface area contributed by atoms with Crippen molar-refractivity contribution in [2.45, 2.75) is 19.1 Å². The van der Waals surface area contributed by atoms with Crippen LogP contribution >= 0.6 is 0 Å². The lowest BCUT2D eigenvalue weighted by atomic mass is 10.0. The van der Waals surface area contributed by atoms with Gasteiger partial charge in [-0.2, -0.15) is 0 Å². The number of benzene rings is 1. The normalized spacial score (nSPS) is 18.7. The van der Waals surface area contributed by atoms with E-state index in [4.69, 9.17) is 0 Å². The number of aromatic nitrogens is 2. The molecule has 0 spiro atoms. The van der Waals surface area contributed by atoms with Crippen molar-refractivity contribution in [1.82, 2.24) is 19.8 Å². The van der Waals surface area contributed by atoms with E-state index < -0.39 is 6.10 Å². The third-order valence-corrected chi connectivity index (χ3v) is 5.67. The van der Waals surface area contributed by atoms with Crippen molar-refractivity contribution in [2.24, 2.45) is 0 Å². The molecule has 1 N–H and O–H groups in total. The molecule has 7 heteroatoms. The molecule has 1 saturated heterocycles. The molecule has 1 aromatic carbocycles. The standard InChI is InChI=1S/C22H27N5O2/c28-14-4-8-25-10-12-27(13-11-25)22-19-7-9-26(15-20(19)23-17-24-22)16-21(29)18-5-2-1-3-6-18/h1-6,8,14,17,21,29H,7,9-13,15-16H2/t21-/m0/s1. The molecule has 1 aromatic heterocycles. The van der Waals surface area contributed by atoms with Gasteiger partial charge in [0.15, 0.2) is 0 Å². The lowest BCUT2D eigenvalue weighted by Gasteiger charge is -2.37. The minimum Gasteiger partial charge on any atom is -0.387 e. The predicted molar refractivity (Wildman–Crippen MR) is 111 cm³/mol. The Bertz CT molecular complexity index is 850. The van der Waals surface area contributed by atoms with Gasteiger partial charge in [-0.25, -0.2) is 9.97 Å². The smallest absolute Gasteiger partial charge is 0.144 e. The molecule has 1 atom stereocenters. The fourth-order valence-corrected chi connectivity index (χ4v) is 4.08. The van der Waals surface area contributed by atoms with E-state index in [0.717, 1.165) is 69.1 Å². The van der Waals surface area contributed by atoms with Gasteiger partial charge >= 0.3 is 0 Å². The van der Waals surface area contributed by atoms with Crippen LogP contribution in [-0.4, -0.2) is 70.4 Å². The molecule has 0 amide bonds. The van der Waals surface area contributed by atoms with Crippen LogP contribution in [0, 0.1) is 0 Å². The van der Waals surface area contributed by atoms with Gasteiger partial charge in [0.05, 0.1) is 11.8 Å². The van der Waals surface area contributed by atoms with Gasteiger partial charge in [-0.15, -0.1) is 0 Å². The molecule has 29 heavy (non-hydrogen) atoms. The summed E-state index contributed by atoms with van der Waals surface area (Å²) in [4.78, 5) is 26.4. The molecule has 152 valence electrons. The quantitative estimate of drug-likeness (QED) is 0.587. The first-order valence-corrected chi connectivity index (χ1v) is 10.1. The third-order valence-electron chi connectivity index (χ3n) is 5.67. The molecule has 2 aromatic rings. The number of aliphatic hydroxyl groups excluding tert-OH is 1. The van der Waals surface area contributed by atoms with Gasteiger partial charge in [0.2, 0.25) is 0 Å². The van der Waals surface area contributed by atoms with Crippen molar-refractivity contribution in [3.63, 3.8) is 0 Å². The maximum Gasteiger partial charge on any atom is 0.144 e. The number of hydrogen-bond donors (Lipinski definition) is 1. The number of anilines is 1. The molecule has 4 rings (SSSR count). The summed E-state index contributed by atoms with van der Waals surface area (Å²) in [5.74, 6) is 1.04. The molecule has 0 bridgehead atoms. The zero-order chi connectivity index (χ0) is 20.1. The first-order valence-electron chi connectivity index (χ1n) is 10.1. The summed E-state index contributed by atoms with van der Waals surface area (Å²) < 4.78 is 0. The van der Waals surface area contributed by atoms with E-state index in [1.54, 1.807) is 12.4 Å². The summed E-state index contributed by atoms with van der Waals surface area (Å²) in [6.07, 6.45) is 6.26. The van der Waals surface area contributed by atoms with Gasteiger partial charge in [0, 0.05) is 57.6 Å². The highest BCUT2D eigenvalue weighted by Crippen LogP contribution is 2.27. The number of aliphatic hydroxyl groups is 1. The molecule has 1 fully saturated rings. The minimum atomic E-state index is -0.494. The van der Waals surface area contributed by atoms with Crippen molar-refractivity contribution >= 4 is 12.1 Å². The highest BCUT2D eigenvalue weighted by molar-refractivity contribution is 5.64. The van der Waals surface area contributed by atoms with Crippen LogP contribution in [0.1, 0.15) is 22.9 Å².